The van der Waals surface area contributed by atoms with Gasteiger partial charge in [-0.1, -0.05) is 23.7 Å². The molecule has 0 amide bonds. The van der Waals surface area contributed by atoms with Crippen molar-refractivity contribution in [3.8, 4) is 10.4 Å². The molecule has 0 bridgehead atoms. The summed E-state index contributed by atoms with van der Waals surface area (Å²) in [6.07, 6.45) is 0.859. The monoisotopic (exact) mass is 236 g/mol. The van der Waals surface area contributed by atoms with Crippen LogP contribution in [0.4, 0.5) is 0 Å². The summed E-state index contributed by atoms with van der Waals surface area (Å²) < 4.78 is 0.781. The summed E-state index contributed by atoms with van der Waals surface area (Å²) in [7, 11) is 0. The first-order valence-corrected chi connectivity index (χ1v) is 5.71. The third kappa shape index (κ3) is 2.11. The first kappa shape index (κ1) is 10.4. The van der Waals surface area contributed by atoms with E-state index in [1.807, 2.05) is 37.3 Å². The third-order valence-electron chi connectivity index (χ3n) is 2.23. The van der Waals surface area contributed by atoms with Crippen LogP contribution in [0.3, 0.4) is 0 Å². The Bertz CT molecular complexity index is 502. The van der Waals surface area contributed by atoms with Crippen molar-refractivity contribution in [2.24, 2.45) is 0 Å². The Balaban J connectivity index is 2.49. The van der Waals surface area contributed by atoms with E-state index in [0.717, 1.165) is 26.6 Å². The van der Waals surface area contributed by atoms with E-state index in [1.165, 1.54) is 0 Å². The second-order valence-corrected chi connectivity index (χ2v) is 5.01. The van der Waals surface area contributed by atoms with Crippen molar-refractivity contribution in [1.82, 2.24) is 0 Å². The van der Waals surface area contributed by atoms with Gasteiger partial charge in [0, 0.05) is 10.4 Å². The van der Waals surface area contributed by atoms with Crippen molar-refractivity contribution in [2.45, 2.75) is 6.92 Å². The van der Waals surface area contributed by atoms with Crippen molar-refractivity contribution in [2.75, 3.05) is 0 Å². The van der Waals surface area contributed by atoms with E-state index in [4.69, 9.17) is 11.6 Å². The van der Waals surface area contributed by atoms with E-state index in [0.29, 0.717) is 5.56 Å². The van der Waals surface area contributed by atoms with Crippen LogP contribution in [-0.4, -0.2) is 6.29 Å². The lowest BCUT2D eigenvalue weighted by Gasteiger charge is -2.03. The first-order chi connectivity index (χ1) is 7.20. The molecule has 3 heteroatoms. The molecule has 0 spiro atoms. The first-order valence-electron chi connectivity index (χ1n) is 4.52. The number of thiophene rings is 1. The van der Waals surface area contributed by atoms with Gasteiger partial charge in [-0.2, -0.15) is 0 Å². The fourth-order valence-corrected chi connectivity index (χ4v) is 2.63. The maximum Gasteiger partial charge on any atom is 0.150 e. The highest BCUT2D eigenvalue weighted by atomic mass is 35.5. The minimum atomic E-state index is 0.707. The number of halogens is 1. The summed E-state index contributed by atoms with van der Waals surface area (Å²) in [5.74, 6) is 0. The van der Waals surface area contributed by atoms with Gasteiger partial charge < -0.3 is 0 Å². The molecule has 0 radical (unpaired) electrons. The molecule has 0 saturated heterocycles. The number of carbonyl (C=O) groups excluding carboxylic acids is 1. The van der Waals surface area contributed by atoms with Gasteiger partial charge in [-0.3, -0.25) is 4.79 Å². The summed E-state index contributed by atoms with van der Waals surface area (Å²) in [5.41, 5.74) is 2.94. The molecule has 0 N–H and O–H groups in total. The molecule has 2 rings (SSSR count). The zero-order chi connectivity index (χ0) is 10.8. The lowest BCUT2D eigenvalue weighted by Crippen LogP contribution is -1.84. The van der Waals surface area contributed by atoms with Gasteiger partial charge in [0.15, 0.2) is 0 Å². The number of hydrogen-bond acceptors (Lipinski definition) is 2. The summed E-state index contributed by atoms with van der Waals surface area (Å²) in [6, 6.07) is 9.55. The van der Waals surface area contributed by atoms with E-state index < -0.39 is 0 Å². The maximum absolute atomic E-state index is 10.6. The highest BCUT2D eigenvalue weighted by Crippen LogP contribution is 2.32. The van der Waals surface area contributed by atoms with E-state index >= 15 is 0 Å². The average molecular weight is 237 g/mol. The number of carbonyl (C=O) groups is 1. The van der Waals surface area contributed by atoms with Crippen LogP contribution in [0, 0.1) is 6.92 Å². The molecule has 0 atom stereocenters. The third-order valence-corrected chi connectivity index (χ3v) is 3.49. The molecule has 1 nitrogen and oxygen atoms in total. The Morgan fingerprint density at radius 3 is 2.60 bits per heavy atom. The number of aldehydes is 1. The number of rotatable bonds is 2. The van der Waals surface area contributed by atoms with Crippen LogP contribution in [0.5, 0.6) is 0 Å². The topological polar surface area (TPSA) is 17.1 Å². The van der Waals surface area contributed by atoms with Gasteiger partial charge in [0.05, 0.1) is 4.34 Å². The smallest absolute Gasteiger partial charge is 0.150 e. The summed E-state index contributed by atoms with van der Waals surface area (Å²) >= 11 is 7.43. The van der Waals surface area contributed by atoms with Crippen LogP contribution in [0.1, 0.15) is 15.9 Å². The SMILES string of the molecule is Cc1cc(C=O)ccc1-c1ccc(Cl)s1. The van der Waals surface area contributed by atoms with Crippen molar-refractivity contribution >= 4 is 29.2 Å². The normalized spacial score (nSPS) is 10.3. The van der Waals surface area contributed by atoms with E-state index in [2.05, 4.69) is 0 Å². The van der Waals surface area contributed by atoms with Crippen molar-refractivity contribution < 1.29 is 4.79 Å². The Labute approximate surface area is 97.3 Å². The zero-order valence-electron chi connectivity index (χ0n) is 8.16. The van der Waals surface area contributed by atoms with Gasteiger partial charge in [-0.05, 0) is 36.2 Å². The molecule has 2 aromatic rings. The largest absolute Gasteiger partial charge is 0.298 e. The molecule has 1 heterocycles. The quantitative estimate of drug-likeness (QED) is 0.715. The Morgan fingerprint density at radius 1 is 1.27 bits per heavy atom. The van der Waals surface area contributed by atoms with Crippen LogP contribution < -0.4 is 0 Å². The number of benzene rings is 1. The molecule has 76 valence electrons. The lowest BCUT2D eigenvalue weighted by molar-refractivity contribution is 0.112. The number of hydrogen-bond donors (Lipinski definition) is 0. The molecular weight excluding hydrogens is 228 g/mol. The van der Waals surface area contributed by atoms with Gasteiger partial charge in [0.25, 0.3) is 0 Å². The fourth-order valence-electron chi connectivity index (χ4n) is 1.50. The molecule has 0 aliphatic heterocycles. The highest BCUT2D eigenvalue weighted by Gasteiger charge is 2.05. The van der Waals surface area contributed by atoms with E-state index in [-0.39, 0.29) is 0 Å². The number of aryl methyl sites for hydroxylation is 1. The van der Waals surface area contributed by atoms with Crippen LogP contribution in [0.2, 0.25) is 4.34 Å². The minimum Gasteiger partial charge on any atom is -0.298 e. The molecule has 1 aromatic heterocycles. The summed E-state index contributed by atoms with van der Waals surface area (Å²) in [5, 5.41) is 0. The van der Waals surface area contributed by atoms with Gasteiger partial charge >= 0.3 is 0 Å². The molecule has 1 aromatic carbocycles. The van der Waals surface area contributed by atoms with Gasteiger partial charge in [0.1, 0.15) is 6.29 Å². The van der Waals surface area contributed by atoms with E-state index in [9.17, 15) is 4.79 Å². The molecule has 0 fully saturated rings. The maximum atomic E-state index is 10.6. The van der Waals surface area contributed by atoms with E-state index in [1.54, 1.807) is 11.3 Å². The predicted octanol–water partition coefficient (Wildman–Crippen LogP) is 4.19. The zero-order valence-corrected chi connectivity index (χ0v) is 9.73. The van der Waals surface area contributed by atoms with Crippen molar-refractivity contribution in [3.63, 3.8) is 0 Å². The van der Waals surface area contributed by atoms with Crippen LogP contribution >= 0.6 is 22.9 Å². The average Bonchev–Trinajstić information content (AvgIpc) is 2.64. The van der Waals surface area contributed by atoms with Gasteiger partial charge in [-0.15, -0.1) is 11.3 Å². The van der Waals surface area contributed by atoms with Crippen molar-refractivity contribution in [1.29, 1.82) is 0 Å². The summed E-state index contributed by atoms with van der Waals surface area (Å²) in [4.78, 5) is 11.7. The molecule has 0 saturated carbocycles. The van der Waals surface area contributed by atoms with Crippen LogP contribution in [0.15, 0.2) is 30.3 Å². The second kappa shape index (κ2) is 4.17. The highest BCUT2D eigenvalue weighted by molar-refractivity contribution is 7.19. The Morgan fingerprint density at radius 2 is 2.07 bits per heavy atom. The van der Waals surface area contributed by atoms with Crippen LogP contribution in [-0.2, 0) is 0 Å². The standard InChI is InChI=1S/C12H9ClOS/c1-8-6-9(7-14)2-3-10(8)11-4-5-12(13)15-11/h2-7H,1H3. The van der Waals surface area contributed by atoms with Crippen LogP contribution in [0.25, 0.3) is 10.4 Å². The van der Waals surface area contributed by atoms with Crippen molar-refractivity contribution in [3.05, 3.63) is 45.8 Å². The Kier molecular flexibility index (Phi) is 2.89. The summed E-state index contributed by atoms with van der Waals surface area (Å²) in [6.45, 7) is 2.00. The Hall–Kier alpha value is -1.12. The molecule has 0 aliphatic carbocycles. The molecule has 15 heavy (non-hydrogen) atoms. The van der Waals surface area contributed by atoms with Gasteiger partial charge in [-0.25, -0.2) is 0 Å². The fraction of sp³-hybridized carbons (Fsp3) is 0.0833. The lowest BCUT2D eigenvalue weighted by atomic mass is 10.0. The molecular formula is C12H9ClOS. The second-order valence-electron chi connectivity index (χ2n) is 3.30. The minimum absolute atomic E-state index is 0.707. The predicted molar refractivity (Wildman–Crippen MR) is 64.9 cm³/mol. The van der Waals surface area contributed by atoms with Gasteiger partial charge in [0.2, 0.25) is 0 Å². The molecule has 0 unspecified atom stereocenters. The molecule has 0 aliphatic rings.